The van der Waals surface area contributed by atoms with Crippen molar-refractivity contribution in [1.82, 2.24) is 15.1 Å². The van der Waals surface area contributed by atoms with E-state index < -0.39 is 6.04 Å². The van der Waals surface area contributed by atoms with Crippen LogP contribution in [0.3, 0.4) is 0 Å². The quantitative estimate of drug-likeness (QED) is 0.695. The molecule has 0 bridgehead atoms. The molecular weight excluding hydrogens is 404 g/mol. The molecule has 2 aliphatic heterocycles. The van der Waals surface area contributed by atoms with E-state index in [-0.39, 0.29) is 30.1 Å². The number of amides is 3. The first kappa shape index (κ1) is 21.1. The second kappa shape index (κ2) is 9.35. The van der Waals surface area contributed by atoms with Crippen molar-refractivity contribution in [2.45, 2.75) is 38.1 Å². The van der Waals surface area contributed by atoms with Crippen molar-refractivity contribution < 1.29 is 14.4 Å². The monoisotopic (exact) mass is 432 g/mol. The van der Waals surface area contributed by atoms with E-state index >= 15 is 0 Å². The van der Waals surface area contributed by atoms with Gasteiger partial charge in [-0.05, 0) is 31.0 Å². The van der Waals surface area contributed by atoms with Gasteiger partial charge in [0.25, 0.3) is 5.91 Å². The Hall–Kier alpha value is -2.12. The highest BCUT2D eigenvalue weighted by Gasteiger charge is 2.40. The maximum atomic E-state index is 12.7. The first-order chi connectivity index (χ1) is 14.5. The van der Waals surface area contributed by atoms with Crippen molar-refractivity contribution in [1.29, 1.82) is 0 Å². The van der Waals surface area contributed by atoms with E-state index in [1.807, 2.05) is 18.2 Å². The Balaban J connectivity index is 1.23. The van der Waals surface area contributed by atoms with E-state index in [2.05, 4.69) is 21.2 Å². The first-order valence-electron chi connectivity index (χ1n) is 10.9. The fourth-order valence-corrected chi connectivity index (χ4v) is 4.84. The lowest BCUT2D eigenvalue weighted by atomic mass is 10.1. The number of carbonyl (C=O) groups excluding carboxylic acids is 3. The van der Waals surface area contributed by atoms with Gasteiger partial charge in [0.2, 0.25) is 11.8 Å². The van der Waals surface area contributed by atoms with Gasteiger partial charge in [-0.1, -0.05) is 30.5 Å². The summed E-state index contributed by atoms with van der Waals surface area (Å²) in [5.41, 5.74) is 1.12. The average molecular weight is 433 g/mol. The van der Waals surface area contributed by atoms with E-state index in [0.29, 0.717) is 13.1 Å². The molecule has 30 heavy (non-hydrogen) atoms. The highest BCUT2D eigenvalue weighted by atomic mass is 35.5. The third kappa shape index (κ3) is 4.78. The summed E-state index contributed by atoms with van der Waals surface area (Å²) in [6, 6.07) is 7.16. The van der Waals surface area contributed by atoms with Crippen molar-refractivity contribution in [3.63, 3.8) is 0 Å². The number of nitrogens with one attached hydrogen (secondary N) is 1. The Bertz CT molecular complexity index is 803. The van der Waals surface area contributed by atoms with Gasteiger partial charge in [-0.2, -0.15) is 0 Å². The van der Waals surface area contributed by atoms with Gasteiger partial charge in [0, 0.05) is 55.9 Å². The molecule has 162 valence electrons. The van der Waals surface area contributed by atoms with Crippen LogP contribution in [0, 0.1) is 5.92 Å². The van der Waals surface area contributed by atoms with Crippen LogP contribution in [0.5, 0.6) is 0 Å². The smallest absolute Gasteiger partial charge is 0.252 e. The van der Waals surface area contributed by atoms with Crippen LogP contribution in [0.4, 0.5) is 5.69 Å². The largest absolute Gasteiger partial charge is 0.369 e. The molecule has 7 nitrogen and oxygen atoms in total. The summed E-state index contributed by atoms with van der Waals surface area (Å²) in [7, 11) is 0. The molecule has 3 aliphatic rings. The van der Waals surface area contributed by atoms with Gasteiger partial charge >= 0.3 is 0 Å². The number of anilines is 1. The maximum absolute atomic E-state index is 12.7. The second-order valence-corrected chi connectivity index (χ2v) is 8.88. The zero-order valence-corrected chi connectivity index (χ0v) is 17.9. The molecule has 2 heterocycles. The van der Waals surface area contributed by atoms with E-state index in [1.54, 1.807) is 0 Å². The minimum atomic E-state index is -0.690. The first-order valence-corrected chi connectivity index (χ1v) is 11.3. The molecule has 3 fully saturated rings. The normalized spacial score (nSPS) is 23.4. The van der Waals surface area contributed by atoms with Crippen molar-refractivity contribution in [3.05, 3.63) is 29.3 Å². The van der Waals surface area contributed by atoms with E-state index in [0.717, 1.165) is 62.6 Å². The van der Waals surface area contributed by atoms with Crippen LogP contribution in [0.25, 0.3) is 0 Å². The highest BCUT2D eigenvalue weighted by molar-refractivity contribution is 6.30. The molecule has 1 atom stereocenters. The molecule has 1 aromatic carbocycles. The Morgan fingerprint density at radius 3 is 2.50 bits per heavy atom. The van der Waals surface area contributed by atoms with Crippen LogP contribution in [0.15, 0.2) is 24.3 Å². The number of rotatable bonds is 6. The molecule has 0 unspecified atom stereocenters. The summed E-state index contributed by atoms with van der Waals surface area (Å²) in [5, 5.41) is 3.55. The second-order valence-electron chi connectivity index (χ2n) is 8.44. The third-order valence-electron chi connectivity index (χ3n) is 6.47. The van der Waals surface area contributed by atoms with Crippen LogP contribution < -0.4 is 10.2 Å². The van der Waals surface area contributed by atoms with Crippen molar-refractivity contribution in [2.24, 2.45) is 5.92 Å². The minimum absolute atomic E-state index is 0.00209. The minimum Gasteiger partial charge on any atom is -0.369 e. The van der Waals surface area contributed by atoms with Crippen LogP contribution in [0.2, 0.25) is 5.02 Å². The van der Waals surface area contributed by atoms with Gasteiger partial charge in [-0.25, -0.2) is 0 Å². The summed E-state index contributed by atoms with van der Waals surface area (Å²) < 4.78 is 0. The summed E-state index contributed by atoms with van der Waals surface area (Å²) in [6.45, 7) is 4.52. The number of likely N-dealkylation sites (tertiary alicyclic amines) is 1. The van der Waals surface area contributed by atoms with Crippen LogP contribution >= 0.6 is 11.6 Å². The number of nitrogens with zero attached hydrogens (tertiary/aromatic N) is 3. The molecule has 3 amide bonds. The SMILES string of the molecule is O=C(N[C@H]1CC(=O)N(CCN2CCN(c3cccc(Cl)c3)CC2)C1=O)C1CCCC1. The topological polar surface area (TPSA) is 73.0 Å². The summed E-state index contributed by atoms with van der Waals surface area (Å²) in [4.78, 5) is 43.2. The molecule has 1 N–H and O–H groups in total. The molecular formula is C22H29ClN4O3. The molecule has 0 aromatic heterocycles. The van der Waals surface area contributed by atoms with Crippen LogP contribution in [-0.2, 0) is 14.4 Å². The summed E-state index contributed by atoms with van der Waals surface area (Å²) >= 11 is 6.09. The van der Waals surface area contributed by atoms with Gasteiger partial charge in [0.05, 0.1) is 6.42 Å². The Morgan fingerprint density at radius 1 is 1.07 bits per heavy atom. The Morgan fingerprint density at radius 2 is 1.80 bits per heavy atom. The molecule has 8 heteroatoms. The van der Waals surface area contributed by atoms with Crippen molar-refractivity contribution >= 4 is 35.0 Å². The number of imide groups is 1. The lowest BCUT2D eigenvalue weighted by Crippen LogP contribution is -2.49. The van der Waals surface area contributed by atoms with E-state index in [1.165, 1.54) is 4.90 Å². The molecule has 4 rings (SSSR count). The van der Waals surface area contributed by atoms with Gasteiger partial charge in [-0.3, -0.25) is 24.2 Å². The highest BCUT2D eigenvalue weighted by Crippen LogP contribution is 2.25. The third-order valence-corrected chi connectivity index (χ3v) is 6.71. The van der Waals surface area contributed by atoms with Crippen molar-refractivity contribution in [2.75, 3.05) is 44.2 Å². The molecule has 1 aliphatic carbocycles. The number of benzene rings is 1. The lowest BCUT2D eigenvalue weighted by molar-refractivity contribution is -0.140. The average Bonchev–Trinajstić information content (AvgIpc) is 3.36. The molecule has 1 aromatic rings. The van der Waals surface area contributed by atoms with Crippen molar-refractivity contribution in [3.8, 4) is 0 Å². The predicted molar refractivity (Wildman–Crippen MR) is 115 cm³/mol. The summed E-state index contributed by atoms with van der Waals surface area (Å²) in [6.07, 6.45) is 3.97. The number of hydrogen-bond donors (Lipinski definition) is 1. The lowest BCUT2D eigenvalue weighted by Gasteiger charge is -2.36. The number of halogens is 1. The zero-order valence-electron chi connectivity index (χ0n) is 17.2. The zero-order chi connectivity index (χ0) is 21.1. The van der Waals surface area contributed by atoms with Gasteiger partial charge in [0.1, 0.15) is 6.04 Å². The standard InChI is InChI=1S/C22H29ClN4O3/c23-17-6-3-7-18(14-17)26-11-8-25(9-12-26)10-13-27-20(28)15-19(22(27)30)24-21(29)16-4-1-2-5-16/h3,6-7,14,16,19H,1-2,4-5,8-13,15H2,(H,24,29)/t19-/m0/s1. The molecule has 2 saturated heterocycles. The van der Waals surface area contributed by atoms with E-state index in [4.69, 9.17) is 11.6 Å². The van der Waals surface area contributed by atoms with Gasteiger partial charge in [-0.15, -0.1) is 0 Å². The van der Waals surface area contributed by atoms with Gasteiger partial charge in [0.15, 0.2) is 0 Å². The Labute approximate surface area is 182 Å². The van der Waals surface area contributed by atoms with E-state index in [9.17, 15) is 14.4 Å². The fourth-order valence-electron chi connectivity index (χ4n) is 4.65. The molecule has 1 saturated carbocycles. The molecule has 0 radical (unpaired) electrons. The number of piperazine rings is 1. The van der Waals surface area contributed by atoms with Crippen LogP contribution in [0.1, 0.15) is 32.1 Å². The maximum Gasteiger partial charge on any atom is 0.252 e. The number of carbonyl (C=O) groups is 3. The van der Waals surface area contributed by atoms with Gasteiger partial charge < -0.3 is 10.2 Å². The van der Waals surface area contributed by atoms with Crippen LogP contribution in [-0.4, -0.2) is 72.8 Å². The fraction of sp³-hybridized carbons (Fsp3) is 0.591. The summed E-state index contributed by atoms with van der Waals surface area (Å²) in [5.74, 6) is -0.520. The predicted octanol–water partition coefficient (Wildman–Crippen LogP) is 1.90. The number of hydrogen-bond acceptors (Lipinski definition) is 5. The molecule has 0 spiro atoms. The Kier molecular flexibility index (Phi) is 6.58.